The maximum Gasteiger partial charge on any atom is 0.303 e. The number of aliphatic hydroxyl groups excluding tert-OH is 1. The molecule has 0 radical (unpaired) electrons. The zero-order valence-corrected chi connectivity index (χ0v) is 7.72. The van der Waals surface area contributed by atoms with Crippen LogP contribution in [-0.4, -0.2) is 22.8 Å². The zero-order chi connectivity index (χ0) is 9.49. The van der Waals surface area contributed by atoms with Crippen LogP contribution in [0.4, 0.5) is 0 Å². The van der Waals surface area contributed by atoms with E-state index in [1.807, 2.05) is 20.8 Å². The van der Waals surface area contributed by atoms with Gasteiger partial charge in [-0.05, 0) is 5.41 Å². The molecular weight excluding hydrogens is 144 g/mol. The molecule has 0 aromatic carbocycles. The Morgan fingerprint density at radius 1 is 1.36 bits per heavy atom. The molecule has 0 aromatic heterocycles. The van der Waals surface area contributed by atoms with Crippen molar-refractivity contribution in [3.63, 3.8) is 0 Å². The molecule has 0 fully saturated rings. The number of aliphatic hydroxyl groups is 1. The number of carbonyl (C=O) groups is 1. The summed E-state index contributed by atoms with van der Waals surface area (Å²) < 4.78 is 0. The predicted molar refractivity (Wildman–Crippen MR) is 44.5 cm³/mol. The molecule has 0 saturated heterocycles. The third-order valence-corrected chi connectivity index (χ3v) is 0.777. The smallest absolute Gasteiger partial charge is 0.303 e. The van der Waals surface area contributed by atoms with Gasteiger partial charge in [0, 0.05) is 13.0 Å². The lowest BCUT2D eigenvalue weighted by molar-refractivity contribution is -0.136. The lowest BCUT2D eigenvalue weighted by Gasteiger charge is -2.11. The van der Waals surface area contributed by atoms with Gasteiger partial charge in [0.05, 0.1) is 0 Å². The van der Waals surface area contributed by atoms with Gasteiger partial charge in [-0.3, -0.25) is 4.79 Å². The highest BCUT2D eigenvalue weighted by atomic mass is 16.4. The van der Waals surface area contributed by atoms with Crippen LogP contribution < -0.4 is 0 Å². The van der Waals surface area contributed by atoms with Crippen molar-refractivity contribution in [2.24, 2.45) is 5.41 Å². The molecule has 11 heavy (non-hydrogen) atoms. The second-order valence-corrected chi connectivity index (χ2v) is 3.47. The summed E-state index contributed by atoms with van der Waals surface area (Å²) in [5.74, 6) is -0.745. The molecular formula is C8H18O3. The minimum Gasteiger partial charge on any atom is -0.481 e. The summed E-state index contributed by atoms with van der Waals surface area (Å²) in [6.45, 7) is 7.85. The van der Waals surface area contributed by atoms with Crippen molar-refractivity contribution >= 4 is 5.97 Å². The Morgan fingerprint density at radius 2 is 1.55 bits per heavy atom. The van der Waals surface area contributed by atoms with Crippen LogP contribution >= 0.6 is 0 Å². The highest BCUT2D eigenvalue weighted by Crippen LogP contribution is 2.09. The molecule has 0 saturated carbocycles. The average Bonchev–Trinajstić information content (AvgIpc) is 1.88. The van der Waals surface area contributed by atoms with Crippen molar-refractivity contribution in [3.05, 3.63) is 0 Å². The Morgan fingerprint density at radius 3 is 1.55 bits per heavy atom. The molecule has 0 atom stereocenters. The molecule has 0 rings (SSSR count). The van der Waals surface area contributed by atoms with Gasteiger partial charge in [0.25, 0.3) is 0 Å². The van der Waals surface area contributed by atoms with E-state index in [1.54, 1.807) is 6.92 Å². The second kappa shape index (κ2) is 6.16. The second-order valence-electron chi connectivity index (χ2n) is 3.47. The Kier molecular flexibility index (Phi) is 7.31. The van der Waals surface area contributed by atoms with Crippen LogP contribution in [0.15, 0.2) is 0 Å². The Balaban J connectivity index is 0. The van der Waals surface area contributed by atoms with E-state index in [0.717, 1.165) is 0 Å². The van der Waals surface area contributed by atoms with Crippen molar-refractivity contribution in [1.82, 2.24) is 0 Å². The van der Waals surface area contributed by atoms with Gasteiger partial charge in [-0.15, -0.1) is 0 Å². The molecule has 0 aromatic rings. The first-order valence-electron chi connectivity index (χ1n) is 3.66. The van der Waals surface area contributed by atoms with Crippen molar-refractivity contribution < 1.29 is 15.0 Å². The molecule has 0 aliphatic carbocycles. The van der Waals surface area contributed by atoms with Crippen molar-refractivity contribution in [2.45, 2.75) is 34.1 Å². The van der Waals surface area contributed by atoms with E-state index in [1.165, 1.54) is 0 Å². The number of hydrogen-bond donors (Lipinski definition) is 2. The quantitative estimate of drug-likeness (QED) is 0.614. The van der Waals surface area contributed by atoms with E-state index in [4.69, 9.17) is 10.2 Å². The summed E-state index contributed by atoms with van der Waals surface area (Å²) in [5, 5.41) is 16.1. The first kappa shape index (κ1) is 13.1. The monoisotopic (exact) mass is 162 g/mol. The number of carboxylic acid groups (broad SMARTS) is 1. The molecule has 0 amide bonds. The van der Waals surface area contributed by atoms with Gasteiger partial charge in [-0.25, -0.2) is 0 Å². The molecule has 0 aliphatic heterocycles. The van der Waals surface area contributed by atoms with Crippen LogP contribution in [0.1, 0.15) is 34.1 Å². The average molecular weight is 162 g/mol. The van der Waals surface area contributed by atoms with Gasteiger partial charge in [-0.1, -0.05) is 27.7 Å². The van der Waals surface area contributed by atoms with E-state index < -0.39 is 5.97 Å². The first-order valence-corrected chi connectivity index (χ1v) is 3.66. The first-order chi connectivity index (χ1) is 4.83. The summed E-state index contributed by atoms with van der Waals surface area (Å²) >= 11 is 0. The topological polar surface area (TPSA) is 57.5 Å². The lowest BCUT2D eigenvalue weighted by Crippen LogP contribution is -2.09. The minimum atomic E-state index is -0.745. The Hall–Kier alpha value is -0.570. The molecule has 68 valence electrons. The van der Waals surface area contributed by atoms with Crippen LogP contribution in [0.25, 0.3) is 0 Å². The summed E-state index contributed by atoms with van der Waals surface area (Å²) in [6, 6.07) is 0. The van der Waals surface area contributed by atoms with Crippen molar-refractivity contribution in [3.8, 4) is 0 Å². The third kappa shape index (κ3) is 26.5. The molecule has 2 N–H and O–H groups in total. The van der Waals surface area contributed by atoms with Gasteiger partial charge in [0.2, 0.25) is 0 Å². The highest BCUT2D eigenvalue weighted by molar-refractivity contribution is 5.66. The normalized spacial score (nSPS) is 9.91. The third-order valence-electron chi connectivity index (χ3n) is 0.777. The van der Waals surface area contributed by atoms with E-state index in [2.05, 4.69) is 0 Å². The fourth-order valence-electron chi connectivity index (χ4n) is 0. The Bertz CT molecular complexity index is 102. The highest BCUT2D eigenvalue weighted by Gasteiger charge is 2.05. The van der Waals surface area contributed by atoms with E-state index >= 15 is 0 Å². The number of hydrogen-bond acceptors (Lipinski definition) is 2. The Labute approximate surface area is 68.0 Å². The molecule has 0 aliphatic rings. The van der Waals surface area contributed by atoms with Gasteiger partial charge >= 0.3 is 5.97 Å². The minimum absolute atomic E-state index is 0.0972. The molecule has 0 spiro atoms. The predicted octanol–water partition coefficient (Wildman–Crippen LogP) is 1.51. The largest absolute Gasteiger partial charge is 0.481 e. The van der Waals surface area contributed by atoms with Gasteiger partial charge in [-0.2, -0.15) is 0 Å². The standard InChI is InChI=1S/C5H12O.C3H6O2/c1-5(2,3)4-6;1-2-3(4)5/h6H,4H2,1-3H3;2H2,1H3,(H,4,5). The number of carboxylic acids is 1. The fraction of sp³-hybridized carbons (Fsp3) is 0.875. The summed E-state index contributed by atoms with van der Waals surface area (Å²) in [6.07, 6.45) is 0.222. The van der Waals surface area contributed by atoms with Gasteiger partial charge in [0.1, 0.15) is 0 Å². The lowest BCUT2D eigenvalue weighted by atomic mass is 9.99. The molecule has 3 heteroatoms. The van der Waals surface area contributed by atoms with Gasteiger partial charge in [0.15, 0.2) is 0 Å². The zero-order valence-electron chi connectivity index (χ0n) is 7.72. The summed E-state index contributed by atoms with van der Waals surface area (Å²) in [7, 11) is 0. The maximum atomic E-state index is 9.37. The van der Waals surface area contributed by atoms with Crippen molar-refractivity contribution in [2.75, 3.05) is 6.61 Å². The molecule has 0 unspecified atom stereocenters. The van der Waals surface area contributed by atoms with Crippen molar-refractivity contribution in [1.29, 1.82) is 0 Å². The maximum absolute atomic E-state index is 9.37. The van der Waals surface area contributed by atoms with Gasteiger partial charge < -0.3 is 10.2 Å². The SMILES string of the molecule is CC(C)(C)CO.CCC(=O)O. The molecule has 0 bridgehead atoms. The van der Waals surface area contributed by atoms with Crippen LogP contribution in [0.3, 0.4) is 0 Å². The van der Waals surface area contributed by atoms with E-state index in [9.17, 15) is 4.79 Å². The fourth-order valence-corrected chi connectivity index (χ4v) is 0. The van der Waals surface area contributed by atoms with Crippen LogP contribution in [-0.2, 0) is 4.79 Å². The van der Waals surface area contributed by atoms with E-state index in [0.29, 0.717) is 0 Å². The summed E-state index contributed by atoms with van der Waals surface area (Å²) in [4.78, 5) is 9.37. The molecule has 0 heterocycles. The number of aliphatic carboxylic acids is 1. The number of rotatable bonds is 1. The van der Waals surface area contributed by atoms with Crippen LogP contribution in [0.5, 0.6) is 0 Å². The van der Waals surface area contributed by atoms with E-state index in [-0.39, 0.29) is 18.4 Å². The van der Waals surface area contributed by atoms with Crippen LogP contribution in [0.2, 0.25) is 0 Å². The van der Waals surface area contributed by atoms with Crippen LogP contribution in [0, 0.1) is 5.41 Å². The molecule has 3 nitrogen and oxygen atoms in total. The summed E-state index contributed by atoms with van der Waals surface area (Å²) in [5.41, 5.74) is 0.0972.